The van der Waals surface area contributed by atoms with Crippen molar-refractivity contribution in [3.63, 3.8) is 0 Å². The molecule has 1 fully saturated rings. The zero-order valence-electron chi connectivity index (χ0n) is 21.5. The van der Waals surface area contributed by atoms with E-state index >= 15 is 0 Å². The molecule has 11 heteroatoms. The Kier molecular flexibility index (Phi) is 7.96. The van der Waals surface area contributed by atoms with Gasteiger partial charge in [-0.2, -0.15) is 4.98 Å². The minimum absolute atomic E-state index is 0.0354. The van der Waals surface area contributed by atoms with E-state index in [2.05, 4.69) is 4.98 Å². The van der Waals surface area contributed by atoms with Crippen LogP contribution in [0.3, 0.4) is 0 Å². The molecule has 202 valence electrons. The number of para-hydroxylation sites is 1. The molecule has 0 bridgehead atoms. The maximum Gasteiger partial charge on any atom is 0.275 e. The SMILES string of the molecule is COc1cccc(OC)c1-n1c(COC(C)C)nc(O)c(C(=O)N2CCC(c3ccc(F)cc3F)C2)c1=O. The molecule has 1 amide bonds. The quantitative estimate of drug-likeness (QED) is 0.474. The number of ether oxygens (including phenoxy) is 3. The Morgan fingerprint density at radius 2 is 1.84 bits per heavy atom. The first kappa shape index (κ1) is 27.1. The summed E-state index contributed by atoms with van der Waals surface area (Å²) in [4.78, 5) is 32.9. The Morgan fingerprint density at radius 3 is 2.45 bits per heavy atom. The van der Waals surface area contributed by atoms with Gasteiger partial charge in [-0.3, -0.25) is 14.2 Å². The first-order valence-electron chi connectivity index (χ1n) is 12.1. The summed E-state index contributed by atoms with van der Waals surface area (Å²) in [6.07, 6.45) is 0.189. The van der Waals surface area contributed by atoms with Gasteiger partial charge in [0, 0.05) is 25.1 Å². The Hall–Kier alpha value is -3.99. The smallest absolute Gasteiger partial charge is 0.275 e. The fraction of sp³-hybridized carbons (Fsp3) is 0.370. The molecule has 2 aromatic carbocycles. The van der Waals surface area contributed by atoms with E-state index in [-0.39, 0.29) is 54.4 Å². The molecule has 1 atom stereocenters. The molecular weight excluding hydrogens is 500 g/mol. The number of methoxy groups -OCH3 is 2. The van der Waals surface area contributed by atoms with Crippen molar-refractivity contribution in [2.75, 3.05) is 27.3 Å². The van der Waals surface area contributed by atoms with E-state index in [1.165, 1.54) is 25.2 Å². The van der Waals surface area contributed by atoms with Gasteiger partial charge in [0.2, 0.25) is 5.88 Å². The van der Waals surface area contributed by atoms with Crippen LogP contribution >= 0.6 is 0 Å². The van der Waals surface area contributed by atoms with E-state index < -0.39 is 40.5 Å². The molecule has 1 aliphatic heterocycles. The molecule has 3 aromatic rings. The normalized spacial score (nSPS) is 15.2. The van der Waals surface area contributed by atoms with E-state index in [0.29, 0.717) is 6.42 Å². The molecule has 0 aliphatic carbocycles. The summed E-state index contributed by atoms with van der Waals surface area (Å²) in [6, 6.07) is 8.23. The third-order valence-electron chi connectivity index (χ3n) is 6.40. The van der Waals surface area contributed by atoms with Gasteiger partial charge in [0.15, 0.2) is 5.56 Å². The van der Waals surface area contributed by atoms with Crippen LogP contribution in [-0.4, -0.2) is 58.9 Å². The predicted molar refractivity (Wildman–Crippen MR) is 134 cm³/mol. The van der Waals surface area contributed by atoms with Gasteiger partial charge in [-0.25, -0.2) is 8.78 Å². The second-order valence-electron chi connectivity index (χ2n) is 9.14. The topological polar surface area (TPSA) is 103 Å². The van der Waals surface area contributed by atoms with E-state index in [9.17, 15) is 23.5 Å². The van der Waals surface area contributed by atoms with Gasteiger partial charge in [-0.15, -0.1) is 0 Å². The van der Waals surface area contributed by atoms with Crippen molar-refractivity contribution in [1.82, 2.24) is 14.5 Å². The van der Waals surface area contributed by atoms with Gasteiger partial charge in [0.25, 0.3) is 11.5 Å². The number of hydrogen-bond acceptors (Lipinski definition) is 7. The number of rotatable bonds is 8. The number of aromatic hydroxyl groups is 1. The molecule has 2 heterocycles. The predicted octanol–water partition coefficient (Wildman–Crippen LogP) is 3.79. The number of halogens is 2. The van der Waals surface area contributed by atoms with Crippen LogP contribution in [0.15, 0.2) is 41.2 Å². The Bertz CT molecular complexity index is 1390. The zero-order chi connectivity index (χ0) is 27.6. The lowest BCUT2D eigenvalue weighted by molar-refractivity contribution is 0.0591. The van der Waals surface area contributed by atoms with E-state index in [1.807, 2.05) is 0 Å². The number of amides is 1. The van der Waals surface area contributed by atoms with Gasteiger partial charge in [0.05, 0.1) is 20.3 Å². The van der Waals surface area contributed by atoms with Crippen LogP contribution in [0.25, 0.3) is 5.69 Å². The molecule has 1 saturated heterocycles. The molecule has 1 aromatic heterocycles. The molecule has 1 aliphatic rings. The molecule has 38 heavy (non-hydrogen) atoms. The second-order valence-corrected chi connectivity index (χ2v) is 9.14. The average Bonchev–Trinajstić information content (AvgIpc) is 3.37. The molecule has 1 N–H and O–H groups in total. The molecular formula is C27H29F2N3O6. The van der Waals surface area contributed by atoms with E-state index in [1.54, 1.807) is 32.0 Å². The number of hydrogen-bond donors (Lipinski definition) is 1. The van der Waals surface area contributed by atoms with Crippen molar-refractivity contribution in [2.45, 2.75) is 38.9 Å². The van der Waals surface area contributed by atoms with Crippen LogP contribution < -0.4 is 15.0 Å². The van der Waals surface area contributed by atoms with Gasteiger partial charge in [0.1, 0.15) is 41.3 Å². The van der Waals surface area contributed by atoms with Gasteiger partial charge in [-0.1, -0.05) is 12.1 Å². The number of carbonyl (C=O) groups excluding carboxylic acids is 1. The number of benzene rings is 2. The van der Waals surface area contributed by atoms with Crippen LogP contribution in [0, 0.1) is 11.6 Å². The lowest BCUT2D eigenvalue weighted by Crippen LogP contribution is -2.37. The van der Waals surface area contributed by atoms with Crippen LogP contribution in [0.2, 0.25) is 0 Å². The number of aromatic nitrogens is 2. The fourth-order valence-electron chi connectivity index (χ4n) is 4.55. The maximum absolute atomic E-state index is 14.4. The second kappa shape index (κ2) is 11.2. The number of carbonyl (C=O) groups is 1. The summed E-state index contributed by atoms with van der Waals surface area (Å²) in [6.45, 7) is 3.74. The Morgan fingerprint density at radius 1 is 1.16 bits per heavy atom. The summed E-state index contributed by atoms with van der Waals surface area (Å²) in [5.74, 6) is -2.71. The first-order valence-corrected chi connectivity index (χ1v) is 12.1. The standard InChI is InChI=1S/C27H29F2N3O6/c1-15(2)38-14-22-30-25(33)23(27(35)32(22)24-20(36-3)6-5-7-21(24)37-4)26(34)31-11-10-16(13-31)18-9-8-17(28)12-19(18)29/h5-9,12,15-16,33H,10-11,13-14H2,1-4H3. The first-order chi connectivity index (χ1) is 18.2. The lowest BCUT2D eigenvalue weighted by Gasteiger charge is -2.21. The minimum Gasteiger partial charge on any atom is -0.494 e. The van der Waals surface area contributed by atoms with Crippen molar-refractivity contribution in [3.8, 4) is 23.1 Å². The summed E-state index contributed by atoms with van der Waals surface area (Å²) in [5, 5.41) is 10.8. The number of likely N-dealkylation sites (tertiary alicyclic amines) is 1. The van der Waals surface area contributed by atoms with Crippen molar-refractivity contribution in [2.24, 2.45) is 0 Å². The van der Waals surface area contributed by atoms with Gasteiger partial charge in [-0.05, 0) is 44.0 Å². The zero-order valence-corrected chi connectivity index (χ0v) is 21.5. The van der Waals surface area contributed by atoms with Crippen LogP contribution in [-0.2, 0) is 11.3 Å². The maximum atomic E-state index is 14.4. The van der Waals surface area contributed by atoms with Crippen molar-refractivity contribution < 1.29 is 32.9 Å². The van der Waals surface area contributed by atoms with Crippen LogP contribution in [0.1, 0.15) is 47.9 Å². The summed E-state index contributed by atoms with van der Waals surface area (Å²) >= 11 is 0. The highest BCUT2D eigenvalue weighted by Crippen LogP contribution is 2.34. The fourth-order valence-corrected chi connectivity index (χ4v) is 4.55. The highest BCUT2D eigenvalue weighted by molar-refractivity contribution is 5.96. The van der Waals surface area contributed by atoms with Crippen molar-refractivity contribution in [3.05, 3.63) is 75.3 Å². The lowest BCUT2D eigenvalue weighted by atomic mass is 9.98. The average molecular weight is 530 g/mol. The highest BCUT2D eigenvalue weighted by Gasteiger charge is 2.34. The molecule has 0 radical (unpaired) electrons. The number of nitrogens with zero attached hydrogens (tertiary/aromatic N) is 3. The largest absolute Gasteiger partial charge is 0.494 e. The van der Waals surface area contributed by atoms with Gasteiger partial charge < -0.3 is 24.2 Å². The Labute approximate surface area is 218 Å². The molecule has 0 saturated carbocycles. The van der Waals surface area contributed by atoms with Crippen LogP contribution in [0.4, 0.5) is 8.78 Å². The molecule has 4 rings (SSSR count). The third-order valence-corrected chi connectivity index (χ3v) is 6.40. The monoisotopic (exact) mass is 529 g/mol. The highest BCUT2D eigenvalue weighted by atomic mass is 19.1. The van der Waals surface area contributed by atoms with Crippen molar-refractivity contribution in [1.29, 1.82) is 0 Å². The molecule has 9 nitrogen and oxygen atoms in total. The van der Waals surface area contributed by atoms with Crippen molar-refractivity contribution >= 4 is 5.91 Å². The van der Waals surface area contributed by atoms with E-state index in [0.717, 1.165) is 16.7 Å². The Balaban J connectivity index is 1.79. The molecule has 1 unspecified atom stereocenters. The van der Waals surface area contributed by atoms with Crippen LogP contribution in [0.5, 0.6) is 17.4 Å². The van der Waals surface area contributed by atoms with Gasteiger partial charge >= 0.3 is 0 Å². The molecule has 0 spiro atoms. The summed E-state index contributed by atoms with van der Waals surface area (Å²) in [7, 11) is 2.85. The van der Waals surface area contributed by atoms with E-state index in [4.69, 9.17) is 14.2 Å². The summed E-state index contributed by atoms with van der Waals surface area (Å²) < 4.78 is 45.4. The third kappa shape index (κ3) is 5.19. The summed E-state index contributed by atoms with van der Waals surface area (Å²) in [5.41, 5.74) is -0.920. The minimum atomic E-state index is -0.843.